The first-order chi connectivity index (χ1) is 8.18. The number of rotatable bonds is 3. The van der Waals surface area contributed by atoms with E-state index in [0.717, 1.165) is 26.3 Å². The highest BCUT2D eigenvalue weighted by atomic mass is 16.6. The summed E-state index contributed by atoms with van der Waals surface area (Å²) in [6.45, 7) is 3.24. The number of morpholine rings is 1. The van der Waals surface area contributed by atoms with E-state index in [1.54, 1.807) is 13.1 Å². The van der Waals surface area contributed by atoms with Gasteiger partial charge >= 0.3 is 5.69 Å². The van der Waals surface area contributed by atoms with Crippen LogP contribution >= 0.6 is 0 Å². The maximum atomic E-state index is 10.8. The molecule has 2 heterocycles. The van der Waals surface area contributed by atoms with Gasteiger partial charge < -0.3 is 9.64 Å². The molecule has 1 saturated heterocycles. The maximum absolute atomic E-state index is 10.8. The zero-order valence-corrected chi connectivity index (χ0v) is 9.63. The van der Waals surface area contributed by atoms with Crippen LogP contribution in [0.3, 0.4) is 0 Å². The predicted molar refractivity (Wildman–Crippen MR) is 60.4 cm³/mol. The number of aromatic nitrogens is 2. The fourth-order valence-corrected chi connectivity index (χ4v) is 1.77. The number of hydrogen-bond acceptors (Lipinski definition) is 4. The molecule has 0 bridgehead atoms. The summed E-state index contributed by atoms with van der Waals surface area (Å²) in [5.41, 5.74) is 0.561. The van der Waals surface area contributed by atoms with Gasteiger partial charge in [0.15, 0.2) is 0 Å². The summed E-state index contributed by atoms with van der Waals surface area (Å²) in [7, 11) is 1.70. The largest absolute Gasteiger partial charge is 0.370 e. The second-order valence-corrected chi connectivity index (χ2v) is 3.90. The van der Waals surface area contributed by atoms with Crippen molar-refractivity contribution < 1.29 is 14.6 Å². The topological polar surface area (TPSA) is 74.6 Å². The maximum Gasteiger partial charge on any atom is 0.314 e. The average molecular weight is 239 g/mol. The normalized spacial score (nSPS) is 17.7. The van der Waals surface area contributed by atoms with Gasteiger partial charge in [0.05, 0.1) is 24.3 Å². The number of nitrogens with zero attached hydrogens (tertiary/aromatic N) is 3. The van der Waals surface area contributed by atoms with Gasteiger partial charge in [0.2, 0.25) is 0 Å². The fraction of sp³-hybridized carbons (Fsp3) is 0.500. The molecule has 1 fully saturated rings. The van der Waals surface area contributed by atoms with Gasteiger partial charge in [-0.05, 0) is 0 Å². The van der Waals surface area contributed by atoms with Gasteiger partial charge in [-0.25, -0.2) is 0 Å². The van der Waals surface area contributed by atoms with Gasteiger partial charge in [-0.15, -0.1) is 0 Å². The van der Waals surface area contributed by atoms with Gasteiger partial charge in [0.1, 0.15) is 25.0 Å². The summed E-state index contributed by atoms with van der Waals surface area (Å²) in [6, 6.07) is 0. The summed E-state index contributed by atoms with van der Waals surface area (Å²) in [5.74, 6) is 0. The zero-order chi connectivity index (χ0) is 12.3. The fourth-order valence-electron chi connectivity index (χ4n) is 1.77. The average Bonchev–Trinajstić information content (AvgIpc) is 2.69. The standard InChI is InChI=1S/C10H14N4O3/c1-12-9(10(8-11-12)14(15)16)2-3-13-4-6-17-7-5-13/h2-3,8H,4-7H2,1H3/p+1. The molecule has 17 heavy (non-hydrogen) atoms. The van der Waals surface area contributed by atoms with E-state index in [0.29, 0.717) is 5.69 Å². The summed E-state index contributed by atoms with van der Waals surface area (Å²) >= 11 is 0. The molecule has 1 aliphatic heterocycles. The van der Waals surface area contributed by atoms with Gasteiger partial charge in [0, 0.05) is 13.1 Å². The molecule has 7 nitrogen and oxygen atoms in total. The van der Waals surface area contributed by atoms with Crippen LogP contribution in [0.5, 0.6) is 0 Å². The lowest BCUT2D eigenvalue weighted by Gasteiger charge is -2.19. The molecule has 0 spiro atoms. The van der Waals surface area contributed by atoms with Crippen molar-refractivity contribution in [3.05, 3.63) is 28.2 Å². The molecule has 7 heteroatoms. The van der Waals surface area contributed by atoms with Gasteiger partial charge in [0.25, 0.3) is 0 Å². The van der Waals surface area contributed by atoms with Crippen molar-refractivity contribution in [2.24, 2.45) is 7.05 Å². The van der Waals surface area contributed by atoms with Crippen LogP contribution in [0, 0.1) is 10.1 Å². The Balaban J connectivity index is 2.14. The highest BCUT2D eigenvalue weighted by Gasteiger charge is 2.18. The summed E-state index contributed by atoms with van der Waals surface area (Å²) in [6.07, 6.45) is 4.96. The Morgan fingerprint density at radius 3 is 2.94 bits per heavy atom. The van der Waals surface area contributed by atoms with Crippen LogP contribution in [0.4, 0.5) is 5.69 Å². The number of quaternary nitrogens is 1. The lowest BCUT2D eigenvalue weighted by atomic mass is 10.3. The van der Waals surface area contributed by atoms with E-state index in [1.165, 1.54) is 15.8 Å². The minimum absolute atomic E-state index is 0.0383. The first-order valence-corrected chi connectivity index (χ1v) is 5.45. The number of hydrogen-bond donors (Lipinski definition) is 1. The second-order valence-electron chi connectivity index (χ2n) is 3.90. The Labute approximate surface area is 98.4 Å². The zero-order valence-electron chi connectivity index (χ0n) is 9.63. The number of aryl methyl sites for hydroxylation is 1. The molecule has 0 atom stereocenters. The van der Waals surface area contributed by atoms with E-state index in [-0.39, 0.29) is 5.69 Å². The monoisotopic (exact) mass is 239 g/mol. The van der Waals surface area contributed by atoms with E-state index in [9.17, 15) is 10.1 Å². The van der Waals surface area contributed by atoms with Crippen molar-refractivity contribution >= 4 is 11.8 Å². The van der Waals surface area contributed by atoms with Crippen LogP contribution in [-0.2, 0) is 11.8 Å². The number of nitrogens with one attached hydrogen (secondary N) is 1. The third-order valence-electron chi connectivity index (χ3n) is 2.77. The van der Waals surface area contributed by atoms with Crippen molar-refractivity contribution in [1.29, 1.82) is 0 Å². The van der Waals surface area contributed by atoms with Crippen molar-refractivity contribution in [3.8, 4) is 0 Å². The van der Waals surface area contributed by atoms with Crippen molar-refractivity contribution in [2.45, 2.75) is 0 Å². The van der Waals surface area contributed by atoms with Crippen LogP contribution in [-0.4, -0.2) is 41.0 Å². The lowest BCUT2D eigenvalue weighted by molar-refractivity contribution is -0.855. The first kappa shape index (κ1) is 11.7. The molecule has 0 saturated carbocycles. The SMILES string of the molecule is Cn1ncc([N+](=O)[O-])c1C=C[NH+]1CCOCC1. The van der Waals surface area contributed by atoms with E-state index in [1.807, 2.05) is 6.20 Å². The molecule has 1 N–H and O–H groups in total. The Kier molecular flexibility index (Phi) is 3.50. The Morgan fingerprint density at radius 2 is 2.29 bits per heavy atom. The molecule has 0 aromatic carbocycles. The second kappa shape index (κ2) is 5.07. The quantitative estimate of drug-likeness (QED) is 0.554. The number of nitro groups is 1. The molecule has 0 aliphatic carbocycles. The third kappa shape index (κ3) is 2.69. The minimum atomic E-state index is -0.415. The Bertz CT molecular complexity index is 435. The Morgan fingerprint density at radius 1 is 1.59 bits per heavy atom. The molecular formula is C10H15N4O3+. The van der Waals surface area contributed by atoms with Crippen molar-refractivity contribution in [1.82, 2.24) is 9.78 Å². The molecule has 2 rings (SSSR count). The van der Waals surface area contributed by atoms with E-state index >= 15 is 0 Å². The van der Waals surface area contributed by atoms with Crippen LogP contribution in [0.1, 0.15) is 5.69 Å². The van der Waals surface area contributed by atoms with E-state index in [2.05, 4.69) is 5.10 Å². The summed E-state index contributed by atoms with van der Waals surface area (Å²) < 4.78 is 6.75. The van der Waals surface area contributed by atoms with E-state index in [4.69, 9.17) is 4.74 Å². The molecule has 0 amide bonds. The molecule has 92 valence electrons. The minimum Gasteiger partial charge on any atom is -0.370 e. The van der Waals surface area contributed by atoms with Gasteiger partial charge in [-0.3, -0.25) is 14.8 Å². The molecule has 1 aliphatic rings. The van der Waals surface area contributed by atoms with Gasteiger partial charge in [-0.1, -0.05) is 0 Å². The molecule has 1 aromatic heterocycles. The van der Waals surface area contributed by atoms with Crippen LogP contribution < -0.4 is 4.90 Å². The van der Waals surface area contributed by atoms with Crippen LogP contribution in [0.25, 0.3) is 6.08 Å². The lowest BCUT2D eigenvalue weighted by Crippen LogP contribution is -3.09. The predicted octanol–water partition coefficient (Wildman–Crippen LogP) is -0.786. The molecule has 0 radical (unpaired) electrons. The summed E-state index contributed by atoms with van der Waals surface area (Å²) in [5, 5.41) is 14.7. The highest BCUT2D eigenvalue weighted by Crippen LogP contribution is 2.17. The van der Waals surface area contributed by atoms with Crippen molar-refractivity contribution in [2.75, 3.05) is 26.3 Å². The van der Waals surface area contributed by atoms with Crippen LogP contribution in [0.2, 0.25) is 0 Å². The molecule has 1 aromatic rings. The van der Waals surface area contributed by atoms with Gasteiger partial charge in [-0.2, -0.15) is 5.10 Å². The first-order valence-electron chi connectivity index (χ1n) is 5.45. The third-order valence-corrected chi connectivity index (χ3v) is 2.77. The Hall–Kier alpha value is -1.73. The summed E-state index contributed by atoms with van der Waals surface area (Å²) in [4.78, 5) is 11.6. The van der Waals surface area contributed by atoms with E-state index < -0.39 is 4.92 Å². The van der Waals surface area contributed by atoms with Crippen LogP contribution in [0.15, 0.2) is 12.4 Å². The smallest absolute Gasteiger partial charge is 0.314 e. The molecular weight excluding hydrogens is 224 g/mol. The molecule has 0 unspecified atom stereocenters. The number of ether oxygens (including phenoxy) is 1. The van der Waals surface area contributed by atoms with Crippen molar-refractivity contribution in [3.63, 3.8) is 0 Å². The highest BCUT2D eigenvalue weighted by molar-refractivity contribution is 5.55.